The monoisotopic (exact) mass is 335 g/mol. The molecule has 6 heteroatoms. The summed E-state index contributed by atoms with van der Waals surface area (Å²) in [4.78, 5) is 23.5. The first kappa shape index (κ1) is 15.7. The summed E-state index contributed by atoms with van der Waals surface area (Å²) in [5, 5.41) is 4.98. The van der Waals surface area contributed by atoms with Crippen LogP contribution in [0.3, 0.4) is 0 Å². The van der Waals surface area contributed by atoms with Crippen molar-refractivity contribution in [2.45, 2.75) is 56.2 Å². The Hall–Kier alpha value is -1.14. The SMILES string of the molecule is CCCNC(=O)C(C)Sc1ncnc2sc3c(c12)CCCC3. The van der Waals surface area contributed by atoms with E-state index in [4.69, 9.17) is 0 Å². The Balaban J connectivity index is 1.87. The average molecular weight is 335 g/mol. The lowest BCUT2D eigenvalue weighted by Gasteiger charge is -2.13. The molecule has 3 rings (SSSR count). The highest BCUT2D eigenvalue weighted by Crippen LogP contribution is 2.40. The van der Waals surface area contributed by atoms with Crippen molar-refractivity contribution in [3.63, 3.8) is 0 Å². The summed E-state index contributed by atoms with van der Waals surface area (Å²) < 4.78 is 0. The normalized spacial score (nSPS) is 15.5. The third-order valence-electron chi connectivity index (χ3n) is 3.92. The van der Waals surface area contributed by atoms with Crippen LogP contribution in [0.25, 0.3) is 10.2 Å². The number of amides is 1. The molecule has 2 aromatic rings. The third kappa shape index (κ3) is 3.13. The predicted molar refractivity (Wildman–Crippen MR) is 92.7 cm³/mol. The van der Waals surface area contributed by atoms with Crippen molar-refractivity contribution < 1.29 is 4.79 Å². The summed E-state index contributed by atoms with van der Waals surface area (Å²) in [6, 6.07) is 0. The fourth-order valence-corrected chi connectivity index (χ4v) is 5.03. The summed E-state index contributed by atoms with van der Waals surface area (Å²) in [5.41, 5.74) is 1.43. The number of hydrogen-bond acceptors (Lipinski definition) is 5. The fraction of sp³-hybridized carbons (Fsp3) is 0.562. The molecule has 22 heavy (non-hydrogen) atoms. The van der Waals surface area contributed by atoms with Gasteiger partial charge >= 0.3 is 0 Å². The van der Waals surface area contributed by atoms with Gasteiger partial charge in [0, 0.05) is 16.8 Å². The smallest absolute Gasteiger partial charge is 0.233 e. The molecule has 0 aromatic carbocycles. The molecule has 1 amide bonds. The number of nitrogens with zero attached hydrogens (tertiary/aromatic N) is 2. The van der Waals surface area contributed by atoms with Crippen LogP contribution in [0.4, 0.5) is 0 Å². The first-order chi connectivity index (χ1) is 10.7. The van der Waals surface area contributed by atoms with Crippen LogP contribution in [0.2, 0.25) is 0 Å². The van der Waals surface area contributed by atoms with Crippen molar-refractivity contribution in [3.05, 3.63) is 16.8 Å². The molecule has 1 aliphatic rings. The van der Waals surface area contributed by atoms with Gasteiger partial charge in [-0.25, -0.2) is 9.97 Å². The predicted octanol–water partition coefficient (Wildman–Crippen LogP) is 3.58. The first-order valence-corrected chi connectivity index (χ1v) is 9.60. The largest absolute Gasteiger partial charge is 0.355 e. The van der Waals surface area contributed by atoms with Gasteiger partial charge in [0.15, 0.2) is 0 Å². The van der Waals surface area contributed by atoms with Gasteiger partial charge in [-0.3, -0.25) is 4.79 Å². The van der Waals surface area contributed by atoms with Crippen molar-refractivity contribution in [1.82, 2.24) is 15.3 Å². The molecule has 0 fully saturated rings. The van der Waals surface area contributed by atoms with E-state index < -0.39 is 0 Å². The van der Waals surface area contributed by atoms with E-state index in [-0.39, 0.29) is 11.2 Å². The van der Waals surface area contributed by atoms with Crippen molar-refractivity contribution in [3.8, 4) is 0 Å². The lowest BCUT2D eigenvalue weighted by Crippen LogP contribution is -2.31. The molecule has 1 N–H and O–H groups in total. The lowest BCUT2D eigenvalue weighted by atomic mass is 9.97. The number of thiophene rings is 1. The highest BCUT2D eigenvalue weighted by atomic mass is 32.2. The number of rotatable bonds is 5. The van der Waals surface area contributed by atoms with E-state index in [1.807, 2.05) is 6.92 Å². The van der Waals surface area contributed by atoms with Crippen LogP contribution in [0.15, 0.2) is 11.4 Å². The molecule has 118 valence electrons. The van der Waals surface area contributed by atoms with Gasteiger partial charge in [-0.1, -0.05) is 18.7 Å². The Kier molecular flexibility index (Phi) is 4.98. The molecular formula is C16H21N3OS2. The van der Waals surface area contributed by atoms with E-state index >= 15 is 0 Å². The summed E-state index contributed by atoms with van der Waals surface area (Å²) in [7, 11) is 0. The maximum atomic E-state index is 12.1. The second kappa shape index (κ2) is 6.96. The molecule has 1 aliphatic carbocycles. The number of thioether (sulfide) groups is 1. The lowest BCUT2D eigenvalue weighted by molar-refractivity contribution is -0.120. The maximum Gasteiger partial charge on any atom is 0.233 e. The molecule has 0 bridgehead atoms. The van der Waals surface area contributed by atoms with Gasteiger partial charge in [-0.2, -0.15) is 0 Å². The minimum absolute atomic E-state index is 0.0858. The molecular weight excluding hydrogens is 314 g/mol. The van der Waals surface area contributed by atoms with Gasteiger partial charge in [0.1, 0.15) is 16.2 Å². The topological polar surface area (TPSA) is 54.9 Å². The molecule has 2 aromatic heterocycles. The molecule has 1 atom stereocenters. The Bertz CT molecular complexity index is 683. The second-order valence-electron chi connectivity index (χ2n) is 5.62. The average Bonchev–Trinajstić information content (AvgIpc) is 2.92. The number of fused-ring (bicyclic) bond motifs is 3. The Labute approximate surface area is 139 Å². The standard InChI is InChI=1S/C16H21N3OS2/c1-3-8-17-14(20)10(2)21-15-13-11-6-4-5-7-12(11)22-16(13)19-9-18-15/h9-10H,3-8H2,1-2H3,(H,17,20). The molecule has 1 unspecified atom stereocenters. The van der Waals surface area contributed by atoms with Crippen LogP contribution >= 0.6 is 23.1 Å². The zero-order valence-corrected chi connectivity index (χ0v) is 14.6. The van der Waals surface area contributed by atoms with E-state index in [9.17, 15) is 4.79 Å². The van der Waals surface area contributed by atoms with Crippen LogP contribution in [-0.2, 0) is 17.6 Å². The number of carbonyl (C=O) groups is 1. The van der Waals surface area contributed by atoms with Crippen molar-refractivity contribution in [2.75, 3.05) is 6.54 Å². The number of hydrogen-bond donors (Lipinski definition) is 1. The van der Waals surface area contributed by atoms with E-state index in [0.29, 0.717) is 0 Å². The van der Waals surface area contributed by atoms with Gasteiger partial charge in [-0.15, -0.1) is 11.3 Å². The number of aryl methyl sites for hydroxylation is 2. The molecule has 2 heterocycles. The van der Waals surface area contributed by atoms with Crippen LogP contribution in [0, 0.1) is 0 Å². The number of carbonyl (C=O) groups excluding carboxylic acids is 1. The molecule has 0 spiro atoms. The minimum atomic E-state index is -0.135. The highest BCUT2D eigenvalue weighted by molar-refractivity contribution is 8.00. The summed E-state index contributed by atoms with van der Waals surface area (Å²) in [6.07, 6.45) is 7.37. The van der Waals surface area contributed by atoms with Gasteiger partial charge < -0.3 is 5.32 Å². The van der Waals surface area contributed by atoms with Crippen LogP contribution < -0.4 is 5.32 Å². The first-order valence-electron chi connectivity index (χ1n) is 7.90. The zero-order chi connectivity index (χ0) is 15.5. The van der Waals surface area contributed by atoms with E-state index in [2.05, 4.69) is 22.2 Å². The molecule has 0 aliphatic heterocycles. The summed E-state index contributed by atoms with van der Waals surface area (Å²) in [6.45, 7) is 4.74. The molecule has 0 saturated heterocycles. The summed E-state index contributed by atoms with van der Waals surface area (Å²) >= 11 is 3.35. The van der Waals surface area contributed by atoms with Crippen molar-refractivity contribution in [2.24, 2.45) is 0 Å². The van der Waals surface area contributed by atoms with Crippen molar-refractivity contribution in [1.29, 1.82) is 0 Å². The van der Waals surface area contributed by atoms with Crippen molar-refractivity contribution >= 4 is 39.2 Å². The molecule has 0 radical (unpaired) electrons. The second-order valence-corrected chi connectivity index (χ2v) is 8.03. The van der Waals surface area contributed by atoms with E-state index in [0.717, 1.165) is 35.7 Å². The third-order valence-corrected chi connectivity index (χ3v) is 6.22. The number of aromatic nitrogens is 2. The number of nitrogens with one attached hydrogen (secondary N) is 1. The quantitative estimate of drug-likeness (QED) is 0.670. The van der Waals surface area contributed by atoms with Crippen LogP contribution in [-0.4, -0.2) is 27.7 Å². The van der Waals surface area contributed by atoms with Gasteiger partial charge in [0.2, 0.25) is 5.91 Å². The van der Waals surface area contributed by atoms with Crippen LogP contribution in [0.1, 0.15) is 43.6 Å². The highest BCUT2D eigenvalue weighted by Gasteiger charge is 2.22. The minimum Gasteiger partial charge on any atom is -0.355 e. The maximum absolute atomic E-state index is 12.1. The molecule has 0 saturated carbocycles. The fourth-order valence-electron chi connectivity index (χ4n) is 2.76. The molecule has 4 nitrogen and oxygen atoms in total. The summed E-state index contributed by atoms with van der Waals surface area (Å²) in [5.74, 6) is 0.0858. The Morgan fingerprint density at radius 1 is 1.41 bits per heavy atom. The van der Waals surface area contributed by atoms with E-state index in [1.165, 1.54) is 28.7 Å². The van der Waals surface area contributed by atoms with Gasteiger partial charge in [0.25, 0.3) is 0 Å². The van der Waals surface area contributed by atoms with Gasteiger partial charge in [0.05, 0.1) is 5.25 Å². The Morgan fingerprint density at radius 3 is 3.05 bits per heavy atom. The van der Waals surface area contributed by atoms with Gasteiger partial charge in [-0.05, 0) is 44.6 Å². The zero-order valence-electron chi connectivity index (χ0n) is 13.0. The van der Waals surface area contributed by atoms with E-state index in [1.54, 1.807) is 29.4 Å². The van der Waals surface area contributed by atoms with Crippen LogP contribution in [0.5, 0.6) is 0 Å². The Morgan fingerprint density at radius 2 is 2.23 bits per heavy atom.